The fraction of sp³-hybridized carbons (Fsp3) is 0.500. The molecule has 0 aliphatic rings. The molecule has 16 heavy (non-hydrogen) atoms. The van der Waals surface area contributed by atoms with E-state index >= 15 is 0 Å². The average molecular weight is 226 g/mol. The minimum atomic E-state index is -1.05. The summed E-state index contributed by atoms with van der Waals surface area (Å²) in [6.45, 7) is 3.51. The van der Waals surface area contributed by atoms with Crippen LogP contribution < -0.4 is 5.32 Å². The third kappa shape index (κ3) is 3.08. The molecule has 1 rings (SSSR count). The number of carboxylic acid groups (broad SMARTS) is 1. The lowest BCUT2D eigenvalue weighted by Crippen LogP contribution is -2.40. The average Bonchev–Trinajstić information content (AvgIpc) is 2.64. The molecule has 1 aromatic heterocycles. The van der Waals surface area contributed by atoms with Gasteiger partial charge in [-0.3, -0.25) is 4.79 Å². The molecular weight excluding hydrogens is 212 g/mol. The van der Waals surface area contributed by atoms with Gasteiger partial charge in [-0.25, -0.2) is 4.79 Å². The van der Waals surface area contributed by atoms with Crippen molar-refractivity contribution in [2.24, 2.45) is 0 Å². The lowest BCUT2D eigenvalue weighted by Gasteiger charge is -2.11. The molecule has 88 valence electrons. The predicted octanol–water partition coefficient (Wildman–Crippen LogP) is 0.966. The van der Waals surface area contributed by atoms with E-state index in [9.17, 15) is 9.59 Å². The summed E-state index contributed by atoms with van der Waals surface area (Å²) in [4.78, 5) is 22.4. The summed E-state index contributed by atoms with van der Waals surface area (Å²) in [6.07, 6.45) is 1.06. The third-order valence-corrected chi connectivity index (χ3v) is 2.04. The largest absolute Gasteiger partial charge is 0.480 e. The van der Waals surface area contributed by atoms with Crippen LogP contribution in [0.1, 0.15) is 36.0 Å². The van der Waals surface area contributed by atoms with Gasteiger partial charge in [0.1, 0.15) is 11.8 Å². The van der Waals surface area contributed by atoms with Gasteiger partial charge in [0.05, 0.1) is 0 Å². The fourth-order valence-electron chi connectivity index (χ4n) is 1.25. The summed E-state index contributed by atoms with van der Waals surface area (Å²) >= 11 is 0. The summed E-state index contributed by atoms with van der Waals surface area (Å²) in [5.74, 6) is -1.07. The van der Waals surface area contributed by atoms with Crippen molar-refractivity contribution in [2.75, 3.05) is 0 Å². The molecule has 6 nitrogen and oxygen atoms in total. The molecular formula is C10H14N2O4. The Morgan fingerprint density at radius 1 is 1.62 bits per heavy atom. The maximum Gasteiger partial charge on any atom is 0.326 e. The van der Waals surface area contributed by atoms with Crippen LogP contribution in [-0.4, -0.2) is 28.2 Å². The van der Waals surface area contributed by atoms with E-state index < -0.39 is 17.9 Å². The number of aromatic nitrogens is 1. The maximum absolute atomic E-state index is 11.6. The molecule has 6 heteroatoms. The quantitative estimate of drug-likeness (QED) is 0.780. The molecule has 1 aromatic rings. The first-order valence-electron chi connectivity index (χ1n) is 5.01. The number of hydrogen-bond acceptors (Lipinski definition) is 4. The molecule has 0 aliphatic heterocycles. The first-order chi connectivity index (χ1) is 7.54. The van der Waals surface area contributed by atoms with Gasteiger partial charge in [-0.15, -0.1) is 0 Å². The highest BCUT2D eigenvalue weighted by Gasteiger charge is 2.21. The molecule has 0 bridgehead atoms. The third-order valence-electron chi connectivity index (χ3n) is 2.04. The second kappa shape index (κ2) is 5.29. The number of carbonyl (C=O) groups is 2. The molecule has 2 N–H and O–H groups in total. The monoisotopic (exact) mass is 226 g/mol. The molecule has 0 saturated heterocycles. The Morgan fingerprint density at radius 3 is 2.75 bits per heavy atom. The van der Waals surface area contributed by atoms with E-state index in [1.807, 2.05) is 6.92 Å². The number of nitrogens with one attached hydrogen (secondary N) is 1. The SMILES string of the molecule is CCCC(NC(=O)c1cc(C)on1)C(=O)O. The van der Waals surface area contributed by atoms with Crippen molar-refractivity contribution in [1.82, 2.24) is 10.5 Å². The van der Waals surface area contributed by atoms with E-state index in [-0.39, 0.29) is 5.69 Å². The minimum absolute atomic E-state index is 0.0971. The van der Waals surface area contributed by atoms with Crippen LogP contribution in [0.5, 0.6) is 0 Å². The van der Waals surface area contributed by atoms with E-state index in [2.05, 4.69) is 10.5 Å². The lowest BCUT2D eigenvalue weighted by molar-refractivity contribution is -0.139. The molecule has 1 amide bonds. The zero-order valence-electron chi connectivity index (χ0n) is 9.19. The Hall–Kier alpha value is -1.85. The fourth-order valence-corrected chi connectivity index (χ4v) is 1.25. The van der Waals surface area contributed by atoms with Crippen LogP contribution >= 0.6 is 0 Å². The van der Waals surface area contributed by atoms with Gasteiger partial charge < -0.3 is 14.9 Å². The number of rotatable bonds is 5. The Labute approximate surface area is 92.6 Å². The Bertz CT molecular complexity index is 386. The van der Waals surface area contributed by atoms with E-state index in [0.29, 0.717) is 18.6 Å². The highest BCUT2D eigenvalue weighted by atomic mass is 16.5. The van der Waals surface area contributed by atoms with Crippen LogP contribution in [-0.2, 0) is 4.79 Å². The van der Waals surface area contributed by atoms with Crippen molar-refractivity contribution in [1.29, 1.82) is 0 Å². The second-order valence-corrected chi connectivity index (χ2v) is 3.48. The normalized spacial score (nSPS) is 12.1. The number of nitrogens with zero attached hydrogens (tertiary/aromatic N) is 1. The molecule has 0 spiro atoms. The summed E-state index contributed by atoms with van der Waals surface area (Å²) in [7, 11) is 0. The zero-order chi connectivity index (χ0) is 12.1. The topological polar surface area (TPSA) is 92.4 Å². The molecule has 0 aromatic carbocycles. The van der Waals surface area contributed by atoms with Crippen molar-refractivity contribution in [3.63, 3.8) is 0 Å². The van der Waals surface area contributed by atoms with Gasteiger partial charge in [0.15, 0.2) is 5.69 Å². The van der Waals surface area contributed by atoms with Gasteiger partial charge in [0.25, 0.3) is 5.91 Å². The number of aryl methyl sites for hydroxylation is 1. The van der Waals surface area contributed by atoms with Crippen LogP contribution in [0.25, 0.3) is 0 Å². The van der Waals surface area contributed by atoms with Gasteiger partial charge in [0, 0.05) is 6.07 Å². The molecule has 1 atom stereocenters. The first-order valence-corrected chi connectivity index (χ1v) is 5.01. The van der Waals surface area contributed by atoms with E-state index in [1.54, 1.807) is 6.92 Å². The Morgan fingerprint density at radius 2 is 2.31 bits per heavy atom. The molecule has 0 fully saturated rings. The number of carboxylic acids is 1. The zero-order valence-corrected chi connectivity index (χ0v) is 9.19. The summed E-state index contributed by atoms with van der Waals surface area (Å²) < 4.78 is 4.73. The molecule has 0 radical (unpaired) electrons. The van der Waals surface area contributed by atoms with Gasteiger partial charge in [-0.2, -0.15) is 0 Å². The maximum atomic E-state index is 11.6. The molecule has 1 unspecified atom stereocenters. The van der Waals surface area contributed by atoms with Crippen molar-refractivity contribution in [3.8, 4) is 0 Å². The number of hydrogen-bond donors (Lipinski definition) is 2. The van der Waals surface area contributed by atoms with Gasteiger partial charge in [-0.05, 0) is 13.3 Å². The van der Waals surface area contributed by atoms with Crippen molar-refractivity contribution in [2.45, 2.75) is 32.7 Å². The van der Waals surface area contributed by atoms with Crippen LogP contribution in [0.4, 0.5) is 0 Å². The minimum Gasteiger partial charge on any atom is -0.480 e. The van der Waals surface area contributed by atoms with Crippen LogP contribution in [0, 0.1) is 6.92 Å². The van der Waals surface area contributed by atoms with Crippen LogP contribution in [0.2, 0.25) is 0 Å². The summed E-state index contributed by atoms with van der Waals surface area (Å²) in [5, 5.41) is 14.7. The summed E-state index contributed by atoms with van der Waals surface area (Å²) in [6, 6.07) is 0.578. The van der Waals surface area contributed by atoms with Crippen LogP contribution in [0.3, 0.4) is 0 Å². The lowest BCUT2D eigenvalue weighted by atomic mass is 10.1. The number of carbonyl (C=O) groups excluding carboxylic acids is 1. The number of amides is 1. The summed E-state index contributed by atoms with van der Waals surface area (Å²) in [5.41, 5.74) is 0.0971. The van der Waals surface area contributed by atoms with E-state index in [1.165, 1.54) is 6.07 Å². The van der Waals surface area contributed by atoms with E-state index in [0.717, 1.165) is 0 Å². The van der Waals surface area contributed by atoms with Crippen LogP contribution in [0.15, 0.2) is 10.6 Å². The molecule has 0 aliphatic carbocycles. The number of aliphatic carboxylic acids is 1. The van der Waals surface area contributed by atoms with Crippen molar-refractivity contribution < 1.29 is 19.2 Å². The van der Waals surface area contributed by atoms with Gasteiger partial charge in [-0.1, -0.05) is 18.5 Å². The highest BCUT2D eigenvalue weighted by Crippen LogP contribution is 2.03. The Kier molecular flexibility index (Phi) is 4.04. The molecule has 1 heterocycles. The highest BCUT2D eigenvalue weighted by molar-refractivity contribution is 5.94. The predicted molar refractivity (Wildman–Crippen MR) is 55.0 cm³/mol. The molecule has 0 saturated carbocycles. The van der Waals surface area contributed by atoms with Crippen molar-refractivity contribution in [3.05, 3.63) is 17.5 Å². The standard InChI is InChI=1S/C10H14N2O4/c1-3-4-7(10(14)15)11-9(13)8-5-6(2)16-12-8/h5,7H,3-4H2,1-2H3,(H,11,13)(H,14,15). The Balaban J connectivity index is 2.65. The smallest absolute Gasteiger partial charge is 0.326 e. The van der Waals surface area contributed by atoms with Gasteiger partial charge in [0.2, 0.25) is 0 Å². The van der Waals surface area contributed by atoms with Gasteiger partial charge >= 0.3 is 5.97 Å². The van der Waals surface area contributed by atoms with E-state index in [4.69, 9.17) is 9.63 Å². The second-order valence-electron chi connectivity index (χ2n) is 3.48. The first kappa shape index (κ1) is 12.2. The van der Waals surface area contributed by atoms with Crippen molar-refractivity contribution >= 4 is 11.9 Å².